The van der Waals surface area contributed by atoms with E-state index in [4.69, 9.17) is 0 Å². The number of urea groups is 1. The molecule has 2 aromatic heterocycles. The van der Waals surface area contributed by atoms with Crippen LogP contribution in [0.4, 0.5) is 28.0 Å². The number of benzene rings is 1. The molecule has 3 rings (SSSR count). The van der Waals surface area contributed by atoms with Gasteiger partial charge in [-0.05, 0) is 55.8 Å². The molecule has 0 radical (unpaired) electrons. The normalized spacial score (nSPS) is 11.7. The Morgan fingerprint density at radius 2 is 1.93 bits per heavy atom. The Bertz CT molecular complexity index is 1000. The average Bonchev–Trinajstić information content (AvgIpc) is 3.00. The molecule has 1 N–H and O–H groups in total. The standard InChI is InChI=1S/C19H18F4N4O2/c1-12(2)26(11-13-7-8-27-17(9-13)16(20)10-24-27)18(28)25-14-3-5-15(6-4-14)29-19(21,22)23/h3-10,12H,11H2,1-2H3,(H,25,28). The third kappa shape index (κ3) is 5.15. The fraction of sp³-hybridized carbons (Fsp3) is 0.263. The first-order valence-corrected chi connectivity index (χ1v) is 8.67. The zero-order chi connectivity index (χ0) is 21.2. The van der Waals surface area contributed by atoms with Crippen LogP contribution < -0.4 is 10.1 Å². The molecule has 0 unspecified atom stereocenters. The van der Waals surface area contributed by atoms with Crippen LogP contribution in [-0.4, -0.2) is 32.9 Å². The van der Waals surface area contributed by atoms with E-state index in [-0.39, 0.29) is 18.3 Å². The SMILES string of the molecule is CC(C)N(Cc1ccn2ncc(F)c2c1)C(=O)Nc1ccc(OC(F)(F)F)cc1. The number of nitrogens with one attached hydrogen (secondary N) is 1. The number of alkyl halides is 3. The number of fused-ring (bicyclic) bond motifs is 1. The minimum atomic E-state index is -4.78. The maximum atomic E-state index is 13.7. The lowest BCUT2D eigenvalue weighted by Gasteiger charge is -2.27. The van der Waals surface area contributed by atoms with E-state index >= 15 is 0 Å². The van der Waals surface area contributed by atoms with Gasteiger partial charge in [0.15, 0.2) is 5.82 Å². The first-order valence-electron chi connectivity index (χ1n) is 8.67. The quantitative estimate of drug-likeness (QED) is 0.614. The molecule has 0 fully saturated rings. The van der Waals surface area contributed by atoms with Gasteiger partial charge in [-0.15, -0.1) is 13.2 Å². The molecule has 0 saturated heterocycles. The molecule has 29 heavy (non-hydrogen) atoms. The van der Waals surface area contributed by atoms with Crippen molar-refractivity contribution in [2.45, 2.75) is 32.8 Å². The molecule has 0 saturated carbocycles. The topological polar surface area (TPSA) is 58.9 Å². The zero-order valence-electron chi connectivity index (χ0n) is 15.6. The second kappa shape index (κ2) is 7.98. The third-order valence-electron chi connectivity index (χ3n) is 4.12. The van der Waals surface area contributed by atoms with Gasteiger partial charge >= 0.3 is 12.4 Å². The molecule has 0 spiro atoms. The van der Waals surface area contributed by atoms with Crippen LogP contribution in [0.3, 0.4) is 0 Å². The Morgan fingerprint density at radius 3 is 2.55 bits per heavy atom. The van der Waals surface area contributed by atoms with Crippen molar-refractivity contribution in [1.82, 2.24) is 14.5 Å². The minimum absolute atomic E-state index is 0.186. The van der Waals surface area contributed by atoms with Crippen molar-refractivity contribution in [3.8, 4) is 5.75 Å². The highest BCUT2D eigenvalue weighted by molar-refractivity contribution is 5.89. The number of ether oxygens (including phenoxy) is 1. The smallest absolute Gasteiger partial charge is 0.406 e. The number of halogens is 4. The van der Waals surface area contributed by atoms with Crippen LogP contribution >= 0.6 is 0 Å². The van der Waals surface area contributed by atoms with Gasteiger partial charge in [0, 0.05) is 24.5 Å². The van der Waals surface area contributed by atoms with Crippen LogP contribution in [0.15, 0.2) is 48.8 Å². The van der Waals surface area contributed by atoms with Crippen molar-refractivity contribution in [2.24, 2.45) is 0 Å². The van der Waals surface area contributed by atoms with Gasteiger partial charge in [0.05, 0.1) is 6.20 Å². The van der Waals surface area contributed by atoms with E-state index in [0.29, 0.717) is 16.8 Å². The predicted octanol–water partition coefficient (Wildman–Crippen LogP) is 4.81. The fourth-order valence-corrected chi connectivity index (χ4v) is 2.71. The largest absolute Gasteiger partial charge is 0.573 e. The number of hydrogen-bond donors (Lipinski definition) is 1. The number of hydrogen-bond acceptors (Lipinski definition) is 3. The van der Waals surface area contributed by atoms with Crippen LogP contribution in [0, 0.1) is 5.82 Å². The van der Waals surface area contributed by atoms with E-state index in [1.54, 1.807) is 18.3 Å². The summed E-state index contributed by atoms with van der Waals surface area (Å²) in [5.74, 6) is -0.846. The van der Waals surface area contributed by atoms with Gasteiger partial charge in [-0.3, -0.25) is 0 Å². The summed E-state index contributed by atoms with van der Waals surface area (Å²) in [7, 11) is 0. The van der Waals surface area contributed by atoms with Crippen LogP contribution in [-0.2, 0) is 6.54 Å². The number of anilines is 1. The summed E-state index contributed by atoms with van der Waals surface area (Å²) in [6, 6.07) is 7.54. The molecule has 2 heterocycles. The first-order chi connectivity index (χ1) is 13.6. The Labute approximate surface area is 163 Å². The highest BCUT2D eigenvalue weighted by Gasteiger charge is 2.31. The second-order valence-electron chi connectivity index (χ2n) is 6.58. The van der Waals surface area contributed by atoms with Crippen LogP contribution in [0.25, 0.3) is 5.52 Å². The number of carbonyl (C=O) groups is 1. The molecule has 2 amide bonds. The van der Waals surface area contributed by atoms with Crippen LogP contribution in [0.2, 0.25) is 0 Å². The van der Waals surface area contributed by atoms with Crippen LogP contribution in [0.1, 0.15) is 19.4 Å². The number of carbonyl (C=O) groups excluding carboxylic acids is 1. The van der Waals surface area contributed by atoms with E-state index in [1.807, 2.05) is 13.8 Å². The van der Waals surface area contributed by atoms with Crippen molar-refractivity contribution in [2.75, 3.05) is 5.32 Å². The van der Waals surface area contributed by atoms with Gasteiger partial charge in [-0.2, -0.15) is 5.10 Å². The van der Waals surface area contributed by atoms with Crippen molar-refractivity contribution in [3.63, 3.8) is 0 Å². The highest BCUT2D eigenvalue weighted by Crippen LogP contribution is 2.24. The number of amides is 2. The molecule has 0 aliphatic carbocycles. The molecule has 3 aromatic rings. The van der Waals surface area contributed by atoms with Gasteiger partial charge in [0.25, 0.3) is 0 Å². The molecule has 0 atom stereocenters. The van der Waals surface area contributed by atoms with E-state index < -0.39 is 18.2 Å². The average molecular weight is 410 g/mol. The molecular formula is C19H18F4N4O2. The predicted molar refractivity (Wildman–Crippen MR) is 98.0 cm³/mol. The summed E-state index contributed by atoms with van der Waals surface area (Å²) in [5.41, 5.74) is 1.31. The summed E-state index contributed by atoms with van der Waals surface area (Å²) in [5, 5.41) is 6.50. The van der Waals surface area contributed by atoms with Crippen LogP contribution in [0.5, 0.6) is 5.75 Å². The van der Waals surface area contributed by atoms with Gasteiger partial charge in [-0.25, -0.2) is 13.7 Å². The first kappa shape index (κ1) is 20.4. The fourth-order valence-electron chi connectivity index (χ4n) is 2.71. The third-order valence-corrected chi connectivity index (χ3v) is 4.12. The van der Waals surface area contributed by atoms with Gasteiger partial charge in [0.2, 0.25) is 0 Å². The van der Waals surface area contributed by atoms with Crippen molar-refractivity contribution >= 4 is 17.2 Å². The van der Waals surface area contributed by atoms with Crippen molar-refractivity contribution < 1.29 is 27.1 Å². The maximum Gasteiger partial charge on any atom is 0.573 e. The Kier molecular flexibility index (Phi) is 5.62. The summed E-state index contributed by atoms with van der Waals surface area (Å²) < 4.78 is 55.6. The van der Waals surface area contributed by atoms with Crippen molar-refractivity contribution in [1.29, 1.82) is 0 Å². The van der Waals surface area contributed by atoms with E-state index in [9.17, 15) is 22.4 Å². The number of nitrogens with zero attached hydrogens (tertiary/aromatic N) is 3. The van der Waals surface area contributed by atoms with Crippen molar-refractivity contribution in [3.05, 3.63) is 60.2 Å². The summed E-state index contributed by atoms with van der Waals surface area (Å²) in [6.45, 7) is 3.84. The molecular weight excluding hydrogens is 392 g/mol. The second-order valence-corrected chi connectivity index (χ2v) is 6.58. The summed E-state index contributed by atoms with van der Waals surface area (Å²) in [6.07, 6.45) is -2.07. The van der Waals surface area contributed by atoms with Gasteiger partial charge in [0.1, 0.15) is 11.3 Å². The van der Waals surface area contributed by atoms with E-state index in [1.165, 1.54) is 21.5 Å². The lowest BCUT2D eigenvalue weighted by Crippen LogP contribution is -2.39. The number of aromatic nitrogens is 2. The molecule has 6 nitrogen and oxygen atoms in total. The van der Waals surface area contributed by atoms with E-state index in [2.05, 4.69) is 15.2 Å². The lowest BCUT2D eigenvalue weighted by molar-refractivity contribution is -0.274. The molecule has 0 aliphatic heterocycles. The minimum Gasteiger partial charge on any atom is -0.406 e. The Morgan fingerprint density at radius 1 is 1.24 bits per heavy atom. The molecule has 10 heteroatoms. The van der Waals surface area contributed by atoms with E-state index in [0.717, 1.165) is 18.3 Å². The summed E-state index contributed by atoms with van der Waals surface area (Å²) in [4.78, 5) is 14.2. The molecule has 0 aliphatic rings. The Hall–Kier alpha value is -3.30. The summed E-state index contributed by atoms with van der Waals surface area (Å²) >= 11 is 0. The van der Waals surface area contributed by atoms with Gasteiger partial charge < -0.3 is 15.0 Å². The molecule has 0 bridgehead atoms. The van der Waals surface area contributed by atoms with Gasteiger partial charge in [-0.1, -0.05) is 0 Å². The number of pyridine rings is 1. The zero-order valence-corrected chi connectivity index (χ0v) is 15.6. The number of rotatable bonds is 5. The molecule has 1 aromatic carbocycles. The Balaban J connectivity index is 1.71. The highest BCUT2D eigenvalue weighted by atomic mass is 19.4. The molecule has 154 valence electrons. The lowest BCUT2D eigenvalue weighted by atomic mass is 10.2. The monoisotopic (exact) mass is 410 g/mol. The maximum absolute atomic E-state index is 13.7.